The molecule has 26 heavy (non-hydrogen) atoms. The summed E-state index contributed by atoms with van der Waals surface area (Å²) in [6.45, 7) is 0. The van der Waals surface area contributed by atoms with E-state index in [0.717, 1.165) is 33.4 Å². The zero-order valence-corrected chi connectivity index (χ0v) is 14.0. The second-order valence-electron chi connectivity index (χ2n) is 6.23. The van der Waals surface area contributed by atoms with Crippen LogP contribution in [0.2, 0.25) is 0 Å². The standard InChI is InChI=1S/C22H15N3O/c23-11-10-16-8-9-18(22-25-20-6-1-2-7-21(20)26-22)13-19(16)17-5-3-4-15(12-17)14-24/h1-9,13,17H,10,12H2. The second kappa shape index (κ2) is 6.70. The molecule has 0 saturated carbocycles. The van der Waals surface area contributed by atoms with Gasteiger partial charge in [0.2, 0.25) is 5.89 Å². The third-order valence-corrected chi connectivity index (χ3v) is 4.58. The molecule has 4 nitrogen and oxygen atoms in total. The predicted octanol–water partition coefficient (Wildman–Crippen LogP) is 5.05. The van der Waals surface area contributed by atoms with Crippen molar-refractivity contribution in [3.63, 3.8) is 0 Å². The van der Waals surface area contributed by atoms with Gasteiger partial charge in [-0.3, -0.25) is 0 Å². The molecule has 0 N–H and O–H groups in total. The lowest BCUT2D eigenvalue weighted by molar-refractivity contribution is 0.619. The molecule has 1 aliphatic carbocycles. The number of nitriles is 2. The van der Waals surface area contributed by atoms with E-state index in [1.807, 2.05) is 54.6 Å². The van der Waals surface area contributed by atoms with Crippen molar-refractivity contribution >= 4 is 11.1 Å². The fourth-order valence-corrected chi connectivity index (χ4v) is 3.29. The van der Waals surface area contributed by atoms with Gasteiger partial charge in [0, 0.05) is 17.1 Å². The van der Waals surface area contributed by atoms with E-state index in [1.165, 1.54) is 0 Å². The second-order valence-corrected chi connectivity index (χ2v) is 6.23. The Bertz CT molecular complexity index is 1090. The number of allylic oxidation sites excluding steroid dienone is 4. The van der Waals surface area contributed by atoms with Crippen molar-refractivity contribution < 1.29 is 4.42 Å². The minimum atomic E-state index is 0.0716. The third-order valence-electron chi connectivity index (χ3n) is 4.58. The van der Waals surface area contributed by atoms with E-state index in [9.17, 15) is 5.26 Å². The van der Waals surface area contributed by atoms with E-state index in [-0.39, 0.29) is 5.92 Å². The number of benzene rings is 2. The first-order chi connectivity index (χ1) is 12.8. The molecular weight excluding hydrogens is 322 g/mol. The van der Waals surface area contributed by atoms with Gasteiger partial charge in [0.15, 0.2) is 5.58 Å². The Kier molecular flexibility index (Phi) is 4.09. The molecule has 1 atom stereocenters. The lowest BCUT2D eigenvalue weighted by Crippen LogP contribution is -2.04. The highest BCUT2D eigenvalue weighted by atomic mass is 16.3. The van der Waals surface area contributed by atoms with Crippen LogP contribution in [0.15, 0.2) is 70.7 Å². The van der Waals surface area contributed by atoms with Crippen LogP contribution in [0.25, 0.3) is 22.6 Å². The van der Waals surface area contributed by atoms with E-state index >= 15 is 0 Å². The number of hydrogen-bond donors (Lipinski definition) is 0. The quantitative estimate of drug-likeness (QED) is 0.670. The SMILES string of the molecule is N#CCc1ccc(-c2nc3ccccc3o2)cc1C1C=CC=C(C#N)C1. The lowest BCUT2D eigenvalue weighted by atomic mass is 9.84. The summed E-state index contributed by atoms with van der Waals surface area (Å²) >= 11 is 0. The molecule has 0 aliphatic heterocycles. The van der Waals surface area contributed by atoms with Crippen LogP contribution in [0, 0.1) is 22.7 Å². The molecular formula is C22H15N3O. The highest BCUT2D eigenvalue weighted by molar-refractivity contribution is 5.76. The van der Waals surface area contributed by atoms with Crippen LogP contribution in [0.5, 0.6) is 0 Å². The highest BCUT2D eigenvalue weighted by Crippen LogP contribution is 2.34. The summed E-state index contributed by atoms with van der Waals surface area (Å²) < 4.78 is 5.88. The Morgan fingerprint density at radius 1 is 1.15 bits per heavy atom. The first-order valence-electron chi connectivity index (χ1n) is 8.41. The fourth-order valence-electron chi connectivity index (χ4n) is 3.29. The first-order valence-corrected chi connectivity index (χ1v) is 8.41. The molecule has 1 unspecified atom stereocenters. The van der Waals surface area contributed by atoms with Gasteiger partial charge >= 0.3 is 0 Å². The summed E-state index contributed by atoms with van der Waals surface area (Å²) in [4.78, 5) is 4.56. The van der Waals surface area contributed by atoms with Crippen LogP contribution in [0.4, 0.5) is 0 Å². The normalized spacial score (nSPS) is 16.1. The summed E-state index contributed by atoms with van der Waals surface area (Å²) in [6.07, 6.45) is 6.80. The monoisotopic (exact) mass is 337 g/mol. The van der Waals surface area contributed by atoms with Crippen molar-refractivity contribution in [1.29, 1.82) is 10.5 Å². The first kappa shape index (κ1) is 15.9. The maximum Gasteiger partial charge on any atom is 0.227 e. The summed E-state index contributed by atoms with van der Waals surface area (Å²) in [5, 5.41) is 18.4. The summed E-state index contributed by atoms with van der Waals surface area (Å²) in [5.41, 5.74) is 5.20. The smallest absolute Gasteiger partial charge is 0.227 e. The van der Waals surface area contributed by atoms with Crippen molar-refractivity contribution in [3.8, 4) is 23.6 Å². The van der Waals surface area contributed by atoms with E-state index < -0.39 is 0 Å². The minimum absolute atomic E-state index is 0.0716. The lowest BCUT2D eigenvalue weighted by Gasteiger charge is -2.19. The Labute approximate surface area is 151 Å². The van der Waals surface area contributed by atoms with Crippen molar-refractivity contribution in [3.05, 3.63) is 77.4 Å². The van der Waals surface area contributed by atoms with E-state index in [0.29, 0.717) is 18.7 Å². The number of oxazole rings is 1. The zero-order chi connectivity index (χ0) is 17.9. The van der Waals surface area contributed by atoms with E-state index in [4.69, 9.17) is 9.68 Å². The van der Waals surface area contributed by atoms with Gasteiger partial charge in [-0.2, -0.15) is 10.5 Å². The fraction of sp³-hybridized carbons (Fsp3) is 0.136. The molecule has 0 amide bonds. The predicted molar refractivity (Wildman–Crippen MR) is 99.0 cm³/mol. The molecule has 1 aromatic heterocycles. The molecule has 4 rings (SSSR count). The average molecular weight is 337 g/mol. The van der Waals surface area contributed by atoms with Crippen molar-refractivity contribution in [2.24, 2.45) is 0 Å². The van der Waals surface area contributed by atoms with Gasteiger partial charge in [-0.25, -0.2) is 4.98 Å². The Hall–Kier alpha value is -3.63. The molecule has 0 radical (unpaired) electrons. The summed E-state index contributed by atoms with van der Waals surface area (Å²) in [6, 6.07) is 18.1. The van der Waals surface area contributed by atoms with Gasteiger partial charge in [-0.15, -0.1) is 0 Å². The van der Waals surface area contributed by atoms with Crippen LogP contribution < -0.4 is 0 Å². The minimum Gasteiger partial charge on any atom is -0.436 e. The van der Waals surface area contributed by atoms with Crippen LogP contribution in [-0.4, -0.2) is 4.98 Å². The molecule has 2 aromatic carbocycles. The highest BCUT2D eigenvalue weighted by Gasteiger charge is 2.19. The van der Waals surface area contributed by atoms with Crippen molar-refractivity contribution in [1.82, 2.24) is 4.98 Å². The maximum absolute atomic E-state index is 9.21. The molecule has 1 heterocycles. The molecule has 0 spiro atoms. The Morgan fingerprint density at radius 2 is 2.04 bits per heavy atom. The van der Waals surface area contributed by atoms with Gasteiger partial charge < -0.3 is 4.42 Å². The summed E-state index contributed by atoms with van der Waals surface area (Å²) in [7, 11) is 0. The van der Waals surface area contributed by atoms with Gasteiger partial charge in [0.1, 0.15) is 5.52 Å². The third kappa shape index (κ3) is 2.90. The molecule has 1 aliphatic rings. The van der Waals surface area contributed by atoms with Gasteiger partial charge in [-0.05, 0) is 47.9 Å². The van der Waals surface area contributed by atoms with Crippen molar-refractivity contribution in [2.45, 2.75) is 18.8 Å². The zero-order valence-electron chi connectivity index (χ0n) is 14.0. The van der Waals surface area contributed by atoms with Crippen LogP contribution in [0.3, 0.4) is 0 Å². The Morgan fingerprint density at radius 3 is 2.85 bits per heavy atom. The maximum atomic E-state index is 9.21. The van der Waals surface area contributed by atoms with Crippen molar-refractivity contribution in [2.75, 3.05) is 0 Å². The molecule has 0 saturated heterocycles. The molecule has 0 bridgehead atoms. The summed E-state index contributed by atoms with van der Waals surface area (Å²) in [5.74, 6) is 0.633. The molecule has 124 valence electrons. The number of aromatic nitrogens is 1. The van der Waals surface area contributed by atoms with E-state index in [2.05, 4.69) is 23.2 Å². The number of nitrogens with zero attached hydrogens (tertiary/aromatic N) is 3. The number of para-hydroxylation sites is 2. The topological polar surface area (TPSA) is 73.6 Å². The largest absolute Gasteiger partial charge is 0.436 e. The number of fused-ring (bicyclic) bond motifs is 1. The molecule has 4 heteroatoms. The van der Waals surface area contributed by atoms with Crippen LogP contribution in [0.1, 0.15) is 23.5 Å². The Balaban J connectivity index is 1.78. The molecule has 3 aromatic rings. The van der Waals surface area contributed by atoms with E-state index in [1.54, 1.807) is 0 Å². The average Bonchev–Trinajstić information content (AvgIpc) is 3.13. The molecule has 0 fully saturated rings. The number of hydrogen-bond acceptors (Lipinski definition) is 4. The van der Waals surface area contributed by atoms with Crippen LogP contribution in [-0.2, 0) is 6.42 Å². The van der Waals surface area contributed by atoms with Crippen LogP contribution >= 0.6 is 0 Å². The van der Waals surface area contributed by atoms with Gasteiger partial charge in [0.25, 0.3) is 0 Å². The van der Waals surface area contributed by atoms with Gasteiger partial charge in [0.05, 0.1) is 18.6 Å². The number of rotatable bonds is 3. The van der Waals surface area contributed by atoms with Gasteiger partial charge in [-0.1, -0.05) is 30.4 Å².